The van der Waals surface area contributed by atoms with Crippen LogP contribution in [-0.2, 0) is 9.53 Å². The molecular weight excluding hydrogens is 224 g/mol. The van der Waals surface area contributed by atoms with Crippen LogP contribution in [0.15, 0.2) is 23.3 Å². The molecule has 0 N–H and O–H groups in total. The zero-order valence-electron chi connectivity index (χ0n) is 12.6. The largest absolute Gasteiger partial charge is 0.461 e. The first-order valence-electron chi connectivity index (χ1n) is 6.96. The predicted octanol–water partition coefficient (Wildman–Crippen LogP) is 4.66. The summed E-state index contributed by atoms with van der Waals surface area (Å²) >= 11 is 0. The molecular formula is C16H28O2. The van der Waals surface area contributed by atoms with E-state index in [1.54, 1.807) is 0 Å². The Hall–Kier alpha value is -1.05. The van der Waals surface area contributed by atoms with Crippen LogP contribution in [0.5, 0.6) is 0 Å². The first-order chi connectivity index (χ1) is 8.51. The van der Waals surface area contributed by atoms with Crippen LogP contribution in [0.4, 0.5) is 0 Å². The molecule has 0 radical (unpaired) electrons. The van der Waals surface area contributed by atoms with Crippen molar-refractivity contribution < 1.29 is 9.53 Å². The van der Waals surface area contributed by atoms with Crippen molar-refractivity contribution in [2.45, 2.75) is 60.3 Å². The lowest BCUT2D eigenvalue weighted by Crippen LogP contribution is -2.16. The number of rotatable bonds is 8. The van der Waals surface area contributed by atoms with Crippen LogP contribution in [0.3, 0.4) is 0 Å². The van der Waals surface area contributed by atoms with Crippen molar-refractivity contribution in [1.29, 1.82) is 0 Å². The number of hydrogen-bond acceptors (Lipinski definition) is 2. The Morgan fingerprint density at radius 2 is 1.72 bits per heavy atom. The van der Waals surface area contributed by atoms with Crippen LogP contribution in [0.1, 0.15) is 60.3 Å². The minimum Gasteiger partial charge on any atom is -0.461 e. The first-order valence-corrected chi connectivity index (χ1v) is 6.96. The number of allylic oxidation sites excluding steroid dienone is 3. The van der Waals surface area contributed by atoms with Crippen LogP contribution >= 0.6 is 0 Å². The summed E-state index contributed by atoms with van der Waals surface area (Å²) in [7, 11) is 0. The van der Waals surface area contributed by atoms with E-state index in [0.29, 0.717) is 6.61 Å². The number of carbonyl (C=O) groups is 1. The Morgan fingerprint density at radius 1 is 1.11 bits per heavy atom. The van der Waals surface area contributed by atoms with Crippen LogP contribution in [-0.4, -0.2) is 12.6 Å². The van der Waals surface area contributed by atoms with E-state index in [1.807, 2.05) is 19.9 Å². The van der Waals surface area contributed by atoms with Gasteiger partial charge < -0.3 is 4.74 Å². The molecule has 0 amide bonds. The summed E-state index contributed by atoms with van der Waals surface area (Å²) in [5, 5.41) is 0. The summed E-state index contributed by atoms with van der Waals surface area (Å²) in [4.78, 5) is 11.6. The van der Waals surface area contributed by atoms with E-state index in [4.69, 9.17) is 4.74 Å². The van der Waals surface area contributed by atoms with Gasteiger partial charge in [0, 0.05) is 0 Å². The van der Waals surface area contributed by atoms with Crippen molar-refractivity contribution in [2.75, 3.05) is 6.61 Å². The molecule has 104 valence electrons. The quantitative estimate of drug-likeness (QED) is 0.464. The van der Waals surface area contributed by atoms with Gasteiger partial charge in [-0.05, 0) is 52.5 Å². The maximum atomic E-state index is 11.6. The average molecular weight is 252 g/mol. The fraction of sp³-hybridized carbons (Fsp3) is 0.688. The Balaban J connectivity index is 3.93. The lowest BCUT2D eigenvalue weighted by Gasteiger charge is -2.10. The van der Waals surface area contributed by atoms with Gasteiger partial charge in [0.25, 0.3) is 0 Å². The Labute approximate surface area is 112 Å². The van der Waals surface area contributed by atoms with Crippen LogP contribution in [0, 0.1) is 5.92 Å². The monoisotopic (exact) mass is 252 g/mol. The molecule has 0 aliphatic heterocycles. The summed E-state index contributed by atoms with van der Waals surface area (Å²) < 4.78 is 5.25. The molecule has 2 heteroatoms. The highest BCUT2D eigenvalue weighted by Gasteiger charge is 2.14. The fourth-order valence-corrected chi connectivity index (χ4v) is 1.70. The highest BCUT2D eigenvalue weighted by molar-refractivity contribution is 5.72. The van der Waals surface area contributed by atoms with Crippen LogP contribution in [0.2, 0.25) is 0 Å². The lowest BCUT2D eigenvalue weighted by atomic mass is 10.0. The van der Waals surface area contributed by atoms with E-state index < -0.39 is 0 Å². The van der Waals surface area contributed by atoms with Gasteiger partial charge in [0.2, 0.25) is 0 Å². The van der Waals surface area contributed by atoms with Crippen LogP contribution in [0.25, 0.3) is 0 Å². The molecule has 0 saturated carbocycles. The Kier molecular flexibility index (Phi) is 9.35. The van der Waals surface area contributed by atoms with Gasteiger partial charge in [-0.15, -0.1) is 0 Å². The van der Waals surface area contributed by atoms with Gasteiger partial charge in [-0.25, -0.2) is 0 Å². The zero-order chi connectivity index (χ0) is 14.0. The van der Waals surface area contributed by atoms with Gasteiger partial charge in [-0.3, -0.25) is 4.79 Å². The van der Waals surface area contributed by atoms with Gasteiger partial charge >= 0.3 is 5.97 Å². The van der Waals surface area contributed by atoms with E-state index >= 15 is 0 Å². The smallest absolute Gasteiger partial charge is 0.309 e. The lowest BCUT2D eigenvalue weighted by molar-refractivity contribution is -0.147. The molecule has 0 bridgehead atoms. The maximum absolute atomic E-state index is 11.6. The summed E-state index contributed by atoms with van der Waals surface area (Å²) in [6.07, 6.45) is 8.06. The van der Waals surface area contributed by atoms with E-state index in [2.05, 4.69) is 26.8 Å². The van der Waals surface area contributed by atoms with Crippen molar-refractivity contribution in [3.05, 3.63) is 23.3 Å². The normalized spacial score (nSPS) is 11.6. The van der Waals surface area contributed by atoms with Gasteiger partial charge in [0.15, 0.2) is 0 Å². The third kappa shape index (κ3) is 8.10. The summed E-state index contributed by atoms with van der Waals surface area (Å²) in [6.45, 7) is 10.8. The van der Waals surface area contributed by atoms with Gasteiger partial charge in [0.05, 0.1) is 5.92 Å². The fourth-order valence-electron chi connectivity index (χ4n) is 1.70. The third-order valence-electron chi connectivity index (χ3n) is 3.07. The number of esters is 1. The first kappa shape index (κ1) is 16.9. The van der Waals surface area contributed by atoms with E-state index in [-0.39, 0.29) is 11.9 Å². The average Bonchev–Trinajstić information content (AvgIpc) is 2.30. The van der Waals surface area contributed by atoms with Crippen molar-refractivity contribution in [1.82, 2.24) is 0 Å². The number of ether oxygens (including phenoxy) is 1. The Morgan fingerprint density at radius 3 is 2.22 bits per heavy atom. The number of hydrogen-bond donors (Lipinski definition) is 0. The summed E-state index contributed by atoms with van der Waals surface area (Å²) in [5.74, 6) is -0.00210. The minimum absolute atomic E-state index is 0.0596. The molecule has 0 aromatic rings. The standard InChI is InChI=1S/C16H28O2/c1-6-15(7-2)16(17)18-12-11-14(5)10-8-9-13(3)4/h9,11,15H,6-8,10,12H2,1-5H3. The van der Waals surface area contributed by atoms with Crippen molar-refractivity contribution in [3.63, 3.8) is 0 Å². The highest BCUT2D eigenvalue weighted by Crippen LogP contribution is 2.10. The molecule has 0 rings (SSSR count). The third-order valence-corrected chi connectivity index (χ3v) is 3.07. The van der Waals surface area contributed by atoms with Crippen molar-refractivity contribution >= 4 is 5.97 Å². The highest BCUT2D eigenvalue weighted by atomic mass is 16.5. The molecule has 0 atom stereocenters. The van der Waals surface area contributed by atoms with Gasteiger partial charge in [-0.2, -0.15) is 0 Å². The van der Waals surface area contributed by atoms with E-state index in [9.17, 15) is 4.79 Å². The molecule has 0 aliphatic rings. The zero-order valence-corrected chi connectivity index (χ0v) is 12.6. The van der Waals surface area contributed by atoms with Crippen LogP contribution < -0.4 is 0 Å². The SMILES string of the molecule is CCC(CC)C(=O)OCC=C(C)CCC=C(C)C. The Bertz CT molecular complexity index is 292. The molecule has 0 heterocycles. The van der Waals surface area contributed by atoms with E-state index in [0.717, 1.165) is 25.7 Å². The second-order valence-electron chi connectivity index (χ2n) is 5.01. The molecule has 0 unspecified atom stereocenters. The molecule has 0 aromatic heterocycles. The van der Waals surface area contributed by atoms with Gasteiger partial charge in [-0.1, -0.05) is 31.1 Å². The molecule has 0 saturated heterocycles. The summed E-state index contributed by atoms with van der Waals surface area (Å²) in [6, 6.07) is 0. The molecule has 0 fully saturated rings. The maximum Gasteiger partial charge on any atom is 0.309 e. The van der Waals surface area contributed by atoms with Crippen molar-refractivity contribution in [2.24, 2.45) is 5.92 Å². The molecule has 0 aliphatic carbocycles. The van der Waals surface area contributed by atoms with Crippen molar-refractivity contribution in [3.8, 4) is 0 Å². The minimum atomic E-state index is -0.0617. The second kappa shape index (κ2) is 9.93. The molecule has 0 spiro atoms. The molecule has 2 nitrogen and oxygen atoms in total. The topological polar surface area (TPSA) is 26.3 Å². The number of carbonyl (C=O) groups excluding carboxylic acids is 1. The molecule has 0 aromatic carbocycles. The predicted molar refractivity (Wildman–Crippen MR) is 77.5 cm³/mol. The van der Waals surface area contributed by atoms with E-state index in [1.165, 1.54) is 11.1 Å². The second-order valence-corrected chi connectivity index (χ2v) is 5.01. The molecule has 18 heavy (non-hydrogen) atoms. The van der Waals surface area contributed by atoms with Gasteiger partial charge in [0.1, 0.15) is 6.61 Å². The summed E-state index contributed by atoms with van der Waals surface area (Å²) in [5.41, 5.74) is 2.63.